The van der Waals surface area contributed by atoms with E-state index in [0.29, 0.717) is 39.4 Å². The van der Waals surface area contributed by atoms with Crippen LogP contribution in [0.25, 0.3) is 0 Å². The minimum atomic E-state index is -3.78. The molecule has 0 aliphatic carbocycles. The van der Waals surface area contributed by atoms with E-state index in [0.717, 1.165) is 30.7 Å². The first-order chi connectivity index (χ1) is 14.5. The lowest BCUT2D eigenvalue weighted by molar-refractivity contribution is 0.122. The summed E-state index contributed by atoms with van der Waals surface area (Å²) < 4.78 is 51.4. The molecule has 0 N–H and O–H groups in total. The summed E-state index contributed by atoms with van der Waals surface area (Å²) in [6, 6.07) is 5.67. The Balaban J connectivity index is 1.44. The lowest BCUT2D eigenvalue weighted by atomic mass is 10.3. The molecule has 0 bridgehead atoms. The van der Waals surface area contributed by atoms with Crippen LogP contribution in [0.5, 0.6) is 5.75 Å². The SMILES string of the molecule is COc1ccc(S(=O)(=O)N2CCN(c3cnnc(N4CCOCC4)c3)CC2)cc1F. The Bertz CT molecular complexity index is 992. The number of sulfonamides is 1. The van der Waals surface area contributed by atoms with Crippen molar-refractivity contribution in [2.24, 2.45) is 0 Å². The van der Waals surface area contributed by atoms with E-state index < -0.39 is 15.8 Å². The van der Waals surface area contributed by atoms with Crippen molar-refractivity contribution >= 4 is 21.5 Å². The third kappa shape index (κ3) is 4.18. The molecule has 3 heterocycles. The number of halogens is 1. The van der Waals surface area contributed by atoms with Crippen molar-refractivity contribution in [2.45, 2.75) is 4.90 Å². The zero-order valence-corrected chi connectivity index (χ0v) is 17.5. The summed E-state index contributed by atoms with van der Waals surface area (Å²) in [5.41, 5.74) is 0.902. The van der Waals surface area contributed by atoms with Crippen LogP contribution >= 0.6 is 0 Å². The normalized spacial score (nSPS) is 18.5. The average Bonchev–Trinajstić information content (AvgIpc) is 2.80. The molecule has 0 saturated carbocycles. The maximum Gasteiger partial charge on any atom is 0.243 e. The molecule has 2 aliphatic heterocycles. The van der Waals surface area contributed by atoms with Gasteiger partial charge in [-0.05, 0) is 18.2 Å². The fourth-order valence-electron chi connectivity index (χ4n) is 3.61. The maximum atomic E-state index is 14.0. The number of anilines is 2. The van der Waals surface area contributed by atoms with E-state index in [1.807, 2.05) is 6.07 Å². The molecule has 0 amide bonds. The molecule has 2 aromatic rings. The van der Waals surface area contributed by atoms with Gasteiger partial charge in [-0.3, -0.25) is 0 Å². The Labute approximate surface area is 175 Å². The predicted molar refractivity (Wildman–Crippen MR) is 109 cm³/mol. The lowest BCUT2D eigenvalue weighted by Crippen LogP contribution is -2.48. The Kier molecular flexibility index (Phi) is 6.02. The van der Waals surface area contributed by atoms with Crippen LogP contribution in [0.4, 0.5) is 15.9 Å². The number of benzene rings is 1. The topological polar surface area (TPSA) is 88.1 Å². The molecule has 9 nitrogen and oxygen atoms in total. The van der Waals surface area contributed by atoms with Gasteiger partial charge in [0.05, 0.1) is 37.1 Å². The molecule has 4 rings (SSSR count). The first-order valence-electron chi connectivity index (χ1n) is 9.73. The third-order valence-corrected chi connectivity index (χ3v) is 7.22. The van der Waals surface area contributed by atoms with Crippen LogP contribution < -0.4 is 14.5 Å². The molecular formula is C19H24FN5O4S. The van der Waals surface area contributed by atoms with E-state index in [4.69, 9.17) is 9.47 Å². The fourth-order valence-corrected chi connectivity index (χ4v) is 5.04. The van der Waals surface area contributed by atoms with Crippen molar-refractivity contribution in [1.29, 1.82) is 0 Å². The van der Waals surface area contributed by atoms with Crippen LogP contribution in [-0.4, -0.2) is 82.5 Å². The number of aromatic nitrogens is 2. The van der Waals surface area contributed by atoms with Crippen LogP contribution in [0, 0.1) is 5.82 Å². The standard InChI is InChI=1S/C19H24FN5O4S/c1-28-18-3-2-16(13-17(18)20)30(26,27)25-6-4-23(5-7-25)15-12-19(22-21-14-15)24-8-10-29-11-9-24/h2-3,12-14H,4-11H2,1H3. The highest BCUT2D eigenvalue weighted by Gasteiger charge is 2.29. The monoisotopic (exact) mass is 437 g/mol. The van der Waals surface area contributed by atoms with Crippen molar-refractivity contribution in [3.8, 4) is 5.75 Å². The molecule has 30 heavy (non-hydrogen) atoms. The van der Waals surface area contributed by atoms with E-state index in [1.165, 1.54) is 23.5 Å². The molecule has 0 atom stereocenters. The lowest BCUT2D eigenvalue weighted by Gasteiger charge is -2.35. The van der Waals surface area contributed by atoms with Gasteiger partial charge in [-0.1, -0.05) is 0 Å². The van der Waals surface area contributed by atoms with E-state index in [1.54, 1.807) is 6.20 Å². The Morgan fingerprint density at radius 2 is 1.77 bits per heavy atom. The molecule has 162 valence electrons. The quantitative estimate of drug-likeness (QED) is 0.684. The first-order valence-corrected chi connectivity index (χ1v) is 11.2. The number of ether oxygens (including phenoxy) is 2. The minimum absolute atomic E-state index is 0.0139. The number of morpholine rings is 1. The highest BCUT2D eigenvalue weighted by atomic mass is 32.2. The number of hydrogen-bond donors (Lipinski definition) is 0. The number of nitrogens with zero attached hydrogens (tertiary/aromatic N) is 5. The first kappa shape index (κ1) is 20.8. The van der Waals surface area contributed by atoms with Crippen molar-refractivity contribution in [3.05, 3.63) is 36.3 Å². The summed E-state index contributed by atoms with van der Waals surface area (Å²) in [4.78, 5) is 4.13. The molecule has 2 saturated heterocycles. The zero-order valence-electron chi connectivity index (χ0n) is 16.7. The Morgan fingerprint density at radius 1 is 1.03 bits per heavy atom. The van der Waals surface area contributed by atoms with Crippen LogP contribution in [0.15, 0.2) is 35.4 Å². The second kappa shape index (κ2) is 8.70. The van der Waals surface area contributed by atoms with Gasteiger partial charge in [0.15, 0.2) is 17.4 Å². The van der Waals surface area contributed by atoms with E-state index in [9.17, 15) is 12.8 Å². The summed E-state index contributed by atoms with van der Waals surface area (Å²) in [5.74, 6) is 0.107. The summed E-state index contributed by atoms with van der Waals surface area (Å²) in [6.07, 6.45) is 1.69. The molecule has 2 aliphatic rings. The second-order valence-electron chi connectivity index (χ2n) is 7.06. The van der Waals surface area contributed by atoms with Crippen molar-refractivity contribution in [1.82, 2.24) is 14.5 Å². The van der Waals surface area contributed by atoms with Gasteiger partial charge in [-0.15, -0.1) is 5.10 Å². The third-order valence-electron chi connectivity index (χ3n) is 5.33. The molecular weight excluding hydrogens is 413 g/mol. The summed E-state index contributed by atoms with van der Waals surface area (Å²) in [6.45, 7) is 4.46. The number of rotatable bonds is 5. The van der Waals surface area contributed by atoms with Gasteiger partial charge in [-0.25, -0.2) is 12.8 Å². The van der Waals surface area contributed by atoms with Crippen LogP contribution in [0.1, 0.15) is 0 Å². The summed E-state index contributed by atoms with van der Waals surface area (Å²) in [7, 11) is -2.44. The van der Waals surface area contributed by atoms with E-state index in [-0.39, 0.29) is 10.6 Å². The highest BCUT2D eigenvalue weighted by Crippen LogP contribution is 2.26. The Hall–Kier alpha value is -2.50. The van der Waals surface area contributed by atoms with Crippen molar-refractivity contribution < 1.29 is 22.3 Å². The van der Waals surface area contributed by atoms with Gasteiger partial charge in [-0.2, -0.15) is 9.40 Å². The molecule has 0 radical (unpaired) electrons. The molecule has 1 aromatic carbocycles. The molecule has 1 aromatic heterocycles. The van der Waals surface area contributed by atoms with Crippen molar-refractivity contribution in [3.63, 3.8) is 0 Å². The second-order valence-corrected chi connectivity index (χ2v) is 9.00. The molecule has 0 spiro atoms. The van der Waals surface area contributed by atoms with Gasteiger partial charge in [0, 0.05) is 45.3 Å². The van der Waals surface area contributed by atoms with Crippen LogP contribution in [-0.2, 0) is 14.8 Å². The molecule has 11 heteroatoms. The van der Waals surface area contributed by atoms with Crippen LogP contribution in [0.3, 0.4) is 0 Å². The summed E-state index contributed by atoms with van der Waals surface area (Å²) >= 11 is 0. The largest absolute Gasteiger partial charge is 0.494 e. The smallest absolute Gasteiger partial charge is 0.243 e. The van der Waals surface area contributed by atoms with Gasteiger partial charge in [0.1, 0.15) is 0 Å². The number of methoxy groups -OCH3 is 1. The van der Waals surface area contributed by atoms with Gasteiger partial charge >= 0.3 is 0 Å². The van der Waals surface area contributed by atoms with Gasteiger partial charge in [0.2, 0.25) is 10.0 Å². The minimum Gasteiger partial charge on any atom is -0.494 e. The highest BCUT2D eigenvalue weighted by molar-refractivity contribution is 7.89. The number of hydrogen-bond acceptors (Lipinski definition) is 8. The maximum absolute atomic E-state index is 14.0. The van der Waals surface area contributed by atoms with Crippen LogP contribution in [0.2, 0.25) is 0 Å². The Morgan fingerprint density at radius 3 is 2.43 bits per heavy atom. The molecule has 0 unspecified atom stereocenters. The van der Waals surface area contributed by atoms with E-state index in [2.05, 4.69) is 20.0 Å². The van der Waals surface area contributed by atoms with Crippen molar-refractivity contribution in [2.75, 3.05) is 69.4 Å². The van der Waals surface area contributed by atoms with Gasteiger partial charge in [0.25, 0.3) is 0 Å². The fraction of sp³-hybridized carbons (Fsp3) is 0.474. The summed E-state index contributed by atoms with van der Waals surface area (Å²) in [5, 5.41) is 8.33. The zero-order chi connectivity index (χ0) is 21.1. The van der Waals surface area contributed by atoms with E-state index >= 15 is 0 Å². The predicted octanol–water partition coefficient (Wildman–Crippen LogP) is 0.972. The molecule has 2 fully saturated rings. The van der Waals surface area contributed by atoms with Gasteiger partial charge < -0.3 is 19.3 Å². The number of piperazine rings is 1. The average molecular weight is 437 g/mol.